The van der Waals surface area contributed by atoms with Gasteiger partial charge in [-0.3, -0.25) is 9.69 Å². The molecule has 9 heteroatoms. The lowest BCUT2D eigenvalue weighted by atomic mass is 9.88. The zero-order chi connectivity index (χ0) is 22.8. The standard InChI is InChI=1S/C24H28ClN5O2S/c1-17-28-21(16-33-17)23(31)27-14-20-6-7-24(32-20)8-11-29(12-9-24)15-19-3-2-10-30(19)22-5-4-18(25)13-26-22/h2-5,10,13,16,20H,6-9,11-12,14-15H2,1H3,(H,27,31)/t20-/m1/s1. The van der Waals surface area contributed by atoms with E-state index in [9.17, 15) is 4.79 Å². The third-order valence-electron chi connectivity index (χ3n) is 6.63. The summed E-state index contributed by atoms with van der Waals surface area (Å²) >= 11 is 7.48. The molecular weight excluding hydrogens is 458 g/mol. The number of carbonyl (C=O) groups is 1. The van der Waals surface area contributed by atoms with Gasteiger partial charge in [0.1, 0.15) is 11.5 Å². The van der Waals surface area contributed by atoms with Crippen molar-refractivity contribution in [2.45, 2.75) is 50.9 Å². The number of halogens is 1. The Kier molecular flexibility index (Phi) is 6.51. The first-order valence-corrected chi connectivity index (χ1v) is 12.6. The van der Waals surface area contributed by atoms with E-state index in [4.69, 9.17) is 16.3 Å². The predicted octanol–water partition coefficient (Wildman–Crippen LogP) is 4.23. The van der Waals surface area contributed by atoms with Crippen LogP contribution in [0.1, 0.15) is 46.9 Å². The van der Waals surface area contributed by atoms with Gasteiger partial charge in [0.25, 0.3) is 5.91 Å². The first-order valence-electron chi connectivity index (χ1n) is 11.4. The molecule has 7 nitrogen and oxygen atoms in total. The van der Waals surface area contributed by atoms with E-state index in [1.807, 2.05) is 25.3 Å². The molecule has 2 saturated heterocycles. The average molecular weight is 486 g/mol. The number of nitrogens with one attached hydrogen (secondary N) is 1. The Morgan fingerprint density at radius 1 is 1.30 bits per heavy atom. The second-order valence-corrected chi connectivity index (χ2v) is 10.4. The van der Waals surface area contributed by atoms with Gasteiger partial charge in [-0.25, -0.2) is 9.97 Å². The van der Waals surface area contributed by atoms with Gasteiger partial charge < -0.3 is 14.6 Å². The van der Waals surface area contributed by atoms with Crippen LogP contribution in [0.3, 0.4) is 0 Å². The van der Waals surface area contributed by atoms with Crippen LogP contribution in [0.5, 0.6) is 0 Å². The zero-order valence-electron chi connectivity index (χ0n) is 18.7. The summed E-state index contributed by atoms with van der Waals surface area (Å²) in [6.07, 6.45) is 7.88. The number of hydrogen-bond acceptors (Lipinski definition) is 6. The Morgan fingerprint density at radius 3 is 2.88 bits per heavy atom. The molecule has 0 bridgehead atoms. The lowest BCUT2D eigenvalue weighted by molar-refractivity contribution is -0.0766. The highest BCUT2D eigenvalue weighted by Gasteiger charge is 2.42. The zero-order valence-corrected chi connectivity index (χ0v) is 20.2. The number of carbonyl (C=O) groups excluding carboxylic acids is 1. The van der Waals surface area contributed by atoms with Crippen LogP contribution in [0.15, 0.2) is 42.0 Å². The van der Waals surface area contributed by atoms with E-state index < -0.39 is 0 Å². The fourth-order valence-electron chi connectivity index (χ4n) is 4.80. The Labute approximate surface area is 202 Å². The van der Waals surface area contributed by atoms with Gasteiger partial charge >= 0.3 is 0 Å². The van der Waals surface area contributed by atoms with Gasteiger partial charge in [-0.1, -0.05) is 11.6 Å². The van der Waals surface area contributed by atoms with Crippen molar-refractivity contribution in [1.82, 2.24) is 24.8 Å². The first kappa shape index (κ1) is 22.5. The maximum absolute atomic E-state index is 12.3. The lowest BCUT2D eigenvalue weighted by Crippen LogP contribution is -2.45. The molecule has 1 N–H and O–H groups in total. The summed E-state index contributed by atoms with van der Waals surface area (Å²) in [4.78, 5) is 23.5. The van der Waals surface area contributed by atoms with Gasteiger partial charge in [0.2, 0.25) is 0 Å². The van der Waals surface area contributed by atoms with Crippen LogP contribution in [0.2, 0.25) is 5.02 Å². The van der Waals surface area contributed by atoms with Gasteiger partial charge in [-0.05, 0) is 56.9 Å². The number of aromatic nitrogens is 3. The van der Waals surface area contributed by atoms with Gasteiger partial charge in [0.15, 0.2) is 0 Å². The van der Waals surface area contributed by atoms with E-state index in [0.717, 1.165) is 56.1 Å². The molecule has 1 spiro atoms. The van der Waals surface area contributed by atoms with Crippen LogP contribution in [-0.2, 0) is 11.3 Å². The molecule has 1 amide bonds. The van der Waals surface area contributed by atoms with Crippen LogP contribution in [0.4, 0.5) is 0 Å². The minimum Gasteiger partial charge on any atom is -0.370 e. The number of nitrogens with zero attached hydrogens (tertiary/aromatic N) is 4. The van der Waals surface area contributed by atoms with Crippen LogP contribution in [0.25, 0.3) is 5.82 Å². The number of rotatable bonds is 6. The van der Waals surface area contributed by atoms with E-state index in [1.54, 1.807) is 11.6 Å². The summed E-state index contributed by atoms with van der Waals surface area (Å²) in [6.45, 7) is 5.32. The molecule has 0 radical (unpaired) electrons. The molecule has 5 heterocycles. The van der Waals surface area contributed by atoms with Crippen molar-refractivity contribution in [2.24, 2.45) is 0 Å². The Balaban J connectivity index is 1.12. The SMILES string of the molecule is Cc1nc(C(=O)NC[C@H]2CCC3(CCN(Cc4cccn4-c4ccc(Cl)cn4)CC3)O2)cs1. The Morgan fingerprint density at radius 2 is 2.15 bits per heavy atom. The second-order valence-electron chi connectivity index (χ2n) is 8.90. The molecule has 3 aromatic heterocycles. The molecule has 5 rings (SSSR count). The molecule has 174 valence electrons. The second kappa shape index (κ2) is 9.54. The Bertz CT molecular complexity index is 1100. The number of piperidine rings is 1. The summed E-state index contributed by atoms with van der Waals surface area (Å²) in [5.74, 6) is 0.765. The quantitative estimate of drug-likeness (QED) is 0.565. The highest BCUT2D eigenvalue weighted by atomic mass is 35.5. The summed E-state index contributed by atoms with van der Waals surface area (Å²) in [5, 5.41) is 6.34. The van der Waals surface area contributed by atoms with E-state index in [-0.39, 0.29) is 17.6 Å². The molecular formula is C24H28ClN5O2S. The van der Waals surface area contributed by atoms with Crippen molar-refractivity contribution >= 4 is 28.8 Å². The van der Waals surface area contributed by atoms with E-state index in [1.165, 1.54) is 17.0 Å². The van der Waals surface area contributed by atoms with Crippen molar-refractivity contribution < 1.29 is 9.53 Å². The van der Waals surface area contributed by atoms with E-state index in [0.29, 0.717) is 17.3 Å². The molecule has 0 saturated carbocycles. The number of ether oxygens (including phenoxy) is 1. The minimum atomic E-state index is -0.114. The summed E-state index contributed by atoms with van der Waals surface area (Å²) < 4.78 is 8.60. The fourth-order valence-corrected chi connectivity index (χ4v) is 5.50. The smallest absolute Gasteiger partial charge is 0.270 e. The van der Waals surface area contributed by atoms with Crippen LogP contribution in [-0.4, -0.2) is 56.7 Å². The maximum Gasteiger partial charge on any atom is 0.270 e. The van der Waals surface area contributed by atoms with Gasteiger partial charge in [-0.2, -0.15) is 0 Å². The third-order valence-corrected chi connectivity index (χ3v) is 7.62. The average Bonchev–Trinajstić information content (AvgIpc) is 3.55. The molecule has 0 aromatic carbocycles. The number of aryl methyl sites for hydroxylation is 1. The molecule has 1 atom stereocenters. The molecule has 0 aliphatic carbocycles. The highest BCUT2D eigenvalue weighted by molar-refractivity contribution is 7.09. The normalized spacial score (nSPS) is 20.4. The van der Waals surface area contributed by atoms with Gasteiger partial charge in [0, 0.05) is 49.6 Å². The third kappa shape index (κ3) is 5.14. The number of pyridine rings is 1. The van der Waals surface area contributed by atoms with Crippen LogP contribution in [0, 0.1) is 6.92 Å². The molecule has 2 aliphatic rings. The number of thiazole rings is 1. The van der Waals surface area contributed by atoms with E-state index >= 15 is 0 Å². The number of likely N-dealkylation sites (tertiary alicyclic amines) is 1. The number of hydrogen-bond donors (Lipinski definition) is 1. The monoisotopic (exact) mass is 485 g/mol. The van der Waals surface area contributed by atoms with Crippen LogP contribution >= 0.6 is 22.9 Å². The van der Waals surface area contributed by atoms with Crippen molar-refractivity contribution in [3.05, 3.63) is 63.5 Å². The molecule has 3 aromatic rings. The Hall–Kier alpha value is -2.26. The van der Waals surface area contributed by atoms with Crippen molar-refractivity contribution in [3.63, 3.8) is 0 Å². The fraction of sp³-hybridized carbons (Fsp3) is 0.458. The van der Waals surface area contributed by atoms with Gasteiger partial charge in [0.05, 0.1) is 21.7 Å². The van der Waals surface area contributed by atoms with Crippen molar-refractivity contribution in [1.29, 1.82) is 0 Å². The molecule has 33 heavy (non-hydrogen) atoms. The molecule has 2 fully saturated rings. The van der Waals surface area contributed by atoms with Crippen molar-refractivity contribution in [3.8, 4) is 5.82 Å². The summed E-state index contributed by atoms with van der Waals surface area (Å²) in [7, 11) is 0. The van der Waals surface area contributed by atoms with Crippen molar-refractivity contribution in [2.75, 3.05) is 19.6 Å². The molecule has 0 unspecified atom stereocenters. The first-order chi connectivity index (χ1) is 16.0. The predicted molar refractivity (Wildman–Crippen MR) is 129 cm³/mol. The molecule has 2 aliphatic heterocycles. The van der Waals surface area contributed by atoms with E-state index in [2.05, 4.69) is 36.9 Å². The maximum atomic E-state index is 12.3. The van der Waals surface area contributed by atoms with Crippen LogP contribution < -0.4 is 5.32 Å². The number of amides is 1. The largest absolute Gasteiger partial charge is 0.370 e. The highest BCUT2D eigenvalue weighted by Crippen LogP contribution is 2.39. The minimum absolute atomic E-state index is 0.0527. The summed E-state index contributed by atoms with van der Waals surface area (Å²) in [6, 6.07) is 8.02. The summed E-state index contributed by atoms with van der Waals surface area (Å²) in [5.41, 5.74) is 1.66. The lowest BCUT2D eigenvalue weighted by Gasteiger charge is -2.39. The van der Waals surface area contributed by atoms with Gasteiger partial charge in [-0.15, -0.1) is 11.3 Å². The topological polar surface area (TPSA) is 72.3 Å².